The van der Waals surface area contributed by atoms with Gasteiger partial charge in [0.05, 0.1) is 21.3 Å². The Bertz CT molecular complexity index is 1280. The predicted molar refractivity (Wildman–Crippen MR) is 139 cm³/mol. The first-order valence-electron chi connectivity index (χ1n) is 11.6. The smallest absolute Gasteiger partial charge is 0.334 e. The highest BCUT2D eigenvalue weighted by molar-refractivity contribution is 6.39. The van der Waals surface area contributed by atoms with E-state index >= 15 is 0 Å². The molecular formula is C27H24Cl2F3N3O2. The second-order valence-electron chi connectivity index (χ2n) is 8.84. The normalized spacial score (nSPS) is 16.0. The third kappa shape index (κ3) is 6.76. The number of carbonyl (C=O) groups is 2. The summed E-state index contributed by atoms with van der Waals surface area (Å²) in [6.07, 6.45) is -2.76. The van der Waals surface area contributed by atoms with Crippen molar-refractivity contribution < 1.29 is 22.8 Å². The van der Waals surface area contributed by atoms with Gasteiger partial charge in [-0.2, -0.15) is 13.2 Å². The van der Waals surface area contributed by atoms with Crippen LogP contribution in [0.4, 0.5) is 29.3 Å². The van der Waals surface area contributed by atoms with E-state index in [0.29, 0.717) is 41.5 Å². The summed E-state index contributed by atoms with van der Waals surface area (Å²) in [7, 11) is 0. The molecular weight excluding hydrogens is 526 g/mol. The van der Waals surface area contributed by atoms with Crippen molar-refractivity contribution in [2.45, 2.75) is 32.0 Å². The zero-order chi connectivity index (χ0) is 26.6. The molecule has 0 aromatic heterocycles. The van der Waals surface area contributed by atoms with Gasteiger partial charge in [0.1, 0.15) is 0 Å². The highest BCUT2D eigenvalue weighted by atomic mass is 35.5. The van der Waals surface area contributed by atoms with Gasteiger partial charge in [-0.3, -0.25) is 4.79 Å². The first-order chi connectivity index (χ1) is 17.6. The minimum absolute atomic E-state index is 0.0348. The highest BCUT2D eigenvalue weighted by Gasteiger charge is 2.31. The minimum atomic E-state index is -4.50. The first kappa shape index (κ1) is 26.8. The number of halogens is 5. The van der Waals surface area contributed by atoms with E-state index in [-0.39, 0.29) is 24.1 Å². The number of anilines is 2. The summed E-state index contributed by atoms with van der Waals surface area (Å²) >= 11 is 12.7. The summed E-state index contributed by atoms with van der Waals surface area (Å²) in [5.41, 5.74) is 1.61. The van der Waals surface area contributed by atoms with E-state index in [4.69, 9.17) is 23.2 Å². The molecule has 0 aliphatic carbocycles. The quantitative estimate of drug-likeness (QED) is 0.338. The fourth-order valence-electron chi connectivity index (χ4n) is 4.41. The second-order valence-corrected chi connectivity index (χ2v) is 9.65. The van der Waals surface area contributed by atoms with Gasteiger partial charge in [-0.15, -0.1) is 0 Å². The number of amides is 3. The molecule has 0 radical (unpaired) electrons. The zero-order valence-corrected chi connectivity index (χ0v) is 21.1. The van der Waals surface area contributed by atoms with Crippen LogP contribution in [-0.4, -0.2) is 18.5 Å². The summed E-state index contributed by atoms with van der Waals surface area (Å²) in [4.78, 5) is 26.7. The number of alkyl halides is 3. The van der Waals surface area contributed by atoms with Crippen LogP contribution in [0.15, 0.2) is 66.7 Å². The van der Waals surface area contributed by atoms with Crippen LogP contribution in [-0.2, 0) is 23.9 Å². The Kier molecular flexibility index (Phi) is 8.29. The molecule has 4 rings (SSSR count). The molecule has 3 aromatic rings. The van der Waals surface area contributed by atoms with Gasteiger partial charge in [-0.1, -0.05) is 59.6 Å². The van der Waals surface area contributed by atoms with Crippen LogP contribution in [0.2, 0.25) is 10.0 Å². The zero-order valence-electron chi connectivity index (χ0n) is 19.6. The summed E-state index contributed by atoms with van der Waals surface area (Å²) < 4.78 is 38.8. The van der Waals surface area contributed by atoms with Crippen LogP contribution in [0.3, 0.4) is 0 Å². The van der Waals surface area contributed by atoms with E-state index in [1.165, 1.54) is 12.1 Å². The maximum absolute atomic E-state index is 12.9. The lowest BCUT2D eigenvalue weighted by Crippen LogP contribution is -2.41. The maximum atomic E-state index is 12.9. The molecule has 2 N–H and O–H groups in total. The molecule has 1 atom stereocenters. The maximum Gasteiger partial charge on any atom is 0.416 e. The van der Waals surface area contributed by atoms with E-state index in [9.17, 15) is 22.8 Å². The third-order valence-corrected chi connectivity index (χ3v) is 6.84. The predicted octanol–water partition coefficient (Wildman–Crippen LogP) is 7.32. The van der Waals surface area contributed by atoms with Crippen LogP contribution >= 0.6 is 23.2 Å². The van der Waals surface area contributed by atoms with E-state index in [1.807, 2.05) is 24.3 Å². The molecule has 10 heteroatoms. The molecule has 1 aliphatic rings. The molecule has 37 heavy (non-hydrogen) atoms. The van der Waals surface area contributed by atoms with Crippen molar-refractivity contribution in [3.05, 3.63) is 93.5 Å². The molecule has 1 fully saturated rings. The van der Waals surface area contributed by atoms with Gasteiger partial charge >= 0.3 is 12.2 Å². The van der Waals surface area contributed by atoms with Crippen LogP contribution < -0.4 is 15.5 Å². The number of piperidine rings is 1. The number of benzene rings is 3. The Balaban J connectivity index is 1.40. The van der Waals surface area contributed by atoms with E-state index in [0.717, 1.165) is 23.3 Å². The minimum Gasteiger partial charge on any atom is -0.334 e. The van der Waals surface area contributed by atoms with Gasteiger partial charge in [0, 0.05) is 25.2 Å². The largest absolute Gasteiger partial charge is 0.416 e. The van der Waals surface area contributed by atoms with Crippen molar-refractivity contribution in [3.8, 4) is 0 Å². The Labute approximate surface area is 222 Å². The fourth-order valence-corrected chi connectivity index (χ4v) is 5.01. The van der Waals surface area contributed by atoms with Crippen molar-refractivity contribution in [2.24, 2.45) is 5.92 Å². The molecule has 1 aliphatic heterocycles. The van der Waals surface area contributed by atoms with E-state index in [2.05, 4.69) is 10.6 Å². The lowest BCUT2D eigenvalue weighted by Gasteiger charge is -2.34. The Hall–Kier alpha value is -3.23. The fraction of sp³-hybridized carbons (Fsp3) is 0.259. The van der Waals surface area contributed by atoms with Crippen LogP contribution in [0.1, 0.15) is 29.5 Å². The summed E-state index contributed by atoms with van der Waals surface area (Å²) in [6.45, 7) is 0.646. The standard InChI is InChI=1S/C27H24Cl2F3N3O2/c28-22-9-4-10-23(29)25(22)35-16-17(11-12-24(35)36)13-18-5-1-2-6-19(18)15-33-26(37)34-21-8-3-7-20(14-21)27(30,31)32/h1-10,14,17H,11-13,15-16H2,(H2,33,34,37). The van der Waals surface area contributed by atoms with Crippen LogP contribution in [0, 0.1) is 5.92 Å². The van der Waals surface area contributed by atoms with Gasteiger partial charge in [-0.25, -0.2) is 4.79 Å². The molecule has 1 heterocycles. The van der Waals surface area contributed by atoms with Crippen molar-refractivity contribution in [3.63, 3.8) is 0 Å². The van der Waals surface area contributed by atoms with Crippen molar-refractivity contribution >= 4 is 46.5 Å². The molecule has 0 spiro atoms. The Morgan fingerprint density at radius 3 is 2.35 bits per heavy atom. The van der Waals surface area contributed by atoms with Gasteiger partial charge < -0.3 is 15.5 Å². The molecule has 1 unspecified atom stereocenters. The summed E-state index contributed by atoms with van der Waals surface area (Å²) in [5, 5.41) is 5.98. The van der Waals surface area contributed by atoms with Gasteiger partial charge in [0.25, 0.3) is 0 Å². The number of nitrogens with one attached hydrogen (secondary N) is 2. The molecule has 3 aromatic carbocycles. The van der Waals surface area contributed by atoms with Crippen LogP contribution in [0.5, 0.6) is 0 Å². The number of hydrogen-bond acceptors (Lipinski definition) is 2. The molecule has 0 saturated carbocycles. The Morgan fingerprint density at radius 2 is 1.65 bits per heavy atom. The monoisotopic (exact) mass is 549 g/mol. The van der Waals surface area contributed by atoms with E-state index < -0.39 is 17.8 Å². The third-order valence-electron chi connectivity index (χ3n) is 6.23. The van der Waals surface area contributed by atoms with Crippen molar-refractivity contribution in [2.75, 3.05) is 16.8 Å². The number of rotatable bonds is 6. The molecule has 194 valence electrons. The average molecular weight is 550 g/mol. The first-order valence-corrected chi connectivity index (χ1v) is 12.4. The number of hydrogen-bond donors (Lipinski definition) is 2. The molecule has 1 saturated heterocycles. The number of para-hydroxylation sites is 1. The summed E-state index contributed by atoms with van der Waals surface area (Å²) in [6, 6.07) is 16.6. The van der Waals surface area contributed by atoms with Crippen molar-refractivity contribution in [1.29, 1.82) is 0 Å². The van der Waals surface area contributed by atoms with E-state index in [1.54, 1.807) is 23.1 Å². The molecule has 3 amide bonds. The lowest BCUT2D eigenvalue weighted by molar-refractivity contribution is -0.137. The number of urea groups is 1. The topological polar surface area (TPSA) is 61.4 Å². The average Bonchev–Trinajstić information content (AvgIpc) is 2.85. The van der Waals surface area contributed by atoms with Gasteiger partial charge in [0.2, 0.25) is 5.91 Å². The lowest BCUT2D eigenvalue weighted by atomic mass is 9.89. The number of nitrogens with zero attached hydrogens (tertiary/aromatic N) is 1. The summed E-state index contributed by atoms with van der Waals surface area (Å²) in [5.74, 6) is 0.109. The highest BCUT2D eigenvalue weighted by Crippen LogP contribution is 2.37. The molecule has 5 nitrogen and oxygen atoms in total. The second kappa shape index (κ2) is 11.4. The molecule has 0 bridgehead atoms. The van der Waals surface area contributed by atoms with Crippen molar-refractivity contribution in [1.82, 2.24) is 5.32 Å². The number of carbonyl (C=O) groups excluding carboxylic acids is 2. The Morgan fingerprint density at radius 1 is 0.973 bits per heavy atom. The van der Waals surface area contributed by atoms with Crippen LogP contribution in [0.25, 0.3) is 0 Å². The van der Waals surface area contributed by atoms with Gasteiger partial charge in [-0.05, 0) is 60.2 Å². The van der Waals surface area contributed by atoms with Gasteiger partial charge in [0.15, 0.2) is 0 Å². The SMILES string of the molecule is O=C(NCc1ccccc1CC1CCC(=O)N(c2c(Cl)cccc2Cl)C1)Nc1cccc(C(F)(F)F)c1.